The third kappa shape index (κ3) is 5.10. The largest absolute Gasteiger partial charge is 0.499 e. The smallest absolute Gasteiger partial charge is 0.423 e. The fourth-order valence-electron chi connectivity index (χ4n) is 3.45. The molecule has 4 rings (SSSR count). The van der Waals surface area contributed by atoms with Gasteiger partial charge in [0.1, 0.15) is 5.82 Å². The lowest BCUT2D eigenvalue weighted by Crippen LogP contribution is -2.42. The van der Waals surface area contributed by atoms with E-state index in [9.17, 15) is 35.1 Å². The van der Waals surface area contributed by atoms with Crippen LogP contribution in [-0.4, -0.2) is 25.5 Å². The molecule has 1 heterocycles. The van der Waals surface area contributed by atoms with Gasteiger partial charge in [0.15, 0.2) is 17.9 Å². The Labute approximate surface area is 193 Å². The summed E-state index contributed by atoms with van der Waals surface area (Å²) in [4.78, 5) is 0. The van der Waals surface area contributed by atoms with Gasteiger partial charge in [0.25, 0.3) is 0 Å². The molecule has 0 saturated carbocycles. The van der Waals surface area contributed by atoms with Crippen LogP contribution in [0.1, 0.15) is 18.3 Å². The van der Waals surface area contributed by atoms with Gasteiger partial charge in [-0.15, -0.1) is 0 Å². The average molecular weight is 504 g/mol. The zero-order valence-electron chi connectivity index (χ0n) is 17.6. The zero-order valence-corrected chi connectivity index (χ0v) is 17.6. The van der Waals surface area contributed by atoms with Crippen molar-refractivity contribution >= 4 is 0 Å². The third-order valence-electron chi connectivity index (χ3n) is 5.21. The average Bonchev–Trinajstić information content (AvgIpc) is 2.82. The lowest BCUT2D eigenvalue weighted by atomic mass is 9.98. The molecule has 0 atom stereocenters. The predicted molar refractivity (Wildman–Crippen MR) is 108 cm³/mol. The fraction of sp³-hybridized carbons (Fsp3) is 0.250. The second kappa shape index (κ2) is 9.46. The van der Waals surface area contributed by atoms with Gasteiger partial charge >= 0.3 is 12.3 Å². The first kappa shape index (κ1) is 24.9. The van der Waals surface area contributed by atoms with Crippen molar-refractivity contribution < 1.29 is 49.3 Å². The molecule has 1 fully saturated rings. The standard InChI is InChI=1S/C24H16F8O3/c25-18-12-15(22-33-10-1-11-34-22)6-7-16(18)13-2-4-14(5-3-13)17-8-9-19(21(27)20(17)26)35-24(31,32)23(28,29)30/h2-9,12,22H,1,10-11H2. The first-order valence-electron chi connectivity index (χ1n) is 10.2. The Hall–Kier alpha value is -3.18. The first-order valence-corrected chi connectivity index (χ1v) is 10.2. The van der Waals surface area contributed by atoms with Gasteiger partial charge in [-0.25, -0.2) is 8.78 Å². The molecule has 0 aromatic heterocycles. The highest BCUT2D eigenvalue weighted by atomic mass is 19.4. The summed E-state index contributed by atoms with van der Waals surface area (Å²) in [6.45, 7) is 0.981. The van der Waals surface area contributed by atoms with Gasteiger partial charge in [0.2, 0.25) is 5.82 Å². The van der Waals surface area contributed by atoms with Gasteiger partial charge in [-0.3, -0.25) is 0 Å². The molecule has 0 unspecified atom stereocenters. The van der Waals surface area contributed by atoms with Crippen LogP contribution in [0.25, 0.3) is 22.3 Å². The third-order valence-corrected chi connectivity index (χ3v) is 5.21. The molecule has 11 heteroatoms. The molecule has 0 radical (unpaired) electrons. The molecule has 0 amide bonds. The van der Waals surface area contributed by atoms with Crippen LogP contribution in [0.4, 0.5) is 35.1 Å². The van der Waals surface area contributed by atoms with Crippen molar-refractivity contribution in [3.63, 3.8) is 0 Å². The summed E-state index contributed by atoms with van der Waals surface area (Å²) >= 11 is 0. The fourth-order valence-corrected chi connectivity index (χ4v) is 3.45. The SMILES string of the molecule is Fc1cc(C2OCCCO2)ccc1-c1ccc(-c2ccc(OC(F)(F)C(F)(F)F)c(F)c2F)cc1. The molecule has 1 aliphatic rings. The monoisotopic (exact) mass is 504 g/mol. The molecule has 0 spiro atoms. The molecule has 0 bridgehead atoms. The van der Waals surface area contributed by atoms with Crippen molar-refractivity contribution in [2.75, 3.05) is 13.2 Å². The summed E-state index contributed by atoms with van der Waals surface area (Å²) in [5.41, 5.74) is 0.757. The van der Waals surface area contributed by atoms with Crippen molar-refractivity contribution in [1.29, 1.82) is 0 Å². The number of hydrogen-bond donors (Lipinski definition) is 0. The van der Waals surface area contributed by atoms with E-state index in [1.165, 1.54) is 36.4 Å². The second-order valence-corrected chi connectivity index (χ2v) is 7.60. The molecular weight excluding hydrogens is 488 g/mol. The Morgan fingerprint density at radius 3 is 1.86 bits per heavy atom. The van der Waals surface area contributed by atoms with Gasteiger partial charge in [-0.05, 0) is 35.7 Å². The number of hydrogen-bond acceptors (Lipinski definition) is 3. The topological polar surface area (TPSA) is 27.7 Å². The number of ether oxygens (including phenoxy) is 3. The summed E-state index contributed by atoms with van der Waals surface area (Å²) in [7, 11) is 0. The van der Waals surface area contributed by atoms with Crippen LogP contribution < -0.4 is 4.74 Å². The maximum absolute atomic E-state index is 14.7. The quantitative estimate of drug-likeness (QED) is 0.339. The van der Waals surface area contributed by atoms with Crippen LogP contribution in [-0.2, 0) is 9.47 Å². The van der Waals surface area contributed by atoms with Crippen molar-refractivity contribution in [2.24, 2.45) is 0 Å². The van der Waals surface area contributed by atoms with Crippen LogP contribution in [0.15, 0.2) is 54.6 Å². The van der Waals surface area contributed by atoms with E-state index in [0.717, 1.165) is 12.5 Å². The first-order chi connectivity index (χ1) is 16.5. The number of alkyl halides is 5. The van der Waals surface area contributed by atoms with E-state index >= 15 is 0 Å². The number of benzene rings is 3. The lowest BCUT2D eigenvalue weighted by Gasteiger charge is -2.23. The summed E-state index contributed by atoms with van der Waals surface area (Å²) in [5, 5.41) is 0. The van der Waals surface area contributed by atoms with Crippen molar-refractivity contribution in [3.8, 4) is 28.0 Å². The molecule has 35 heavy (non-hydrogen) atoms. The van der Waals surface area contributed by atoms with Gasteiger partial charge in [-0.1, -0.05) is 36.4 Å². The van der Waals surface area contributed by atoms with E-state index < -0.39 is 47.3 Å². The van der Waals surface area contributed by atoms with Gasteiger partial charge in [0.05, 0.1) is 13.2 Å². The van der Waals surface area contributed by atoms with Crippen LogP contribution in [0.2, 0.25) is 0 Å². The van der Waals surface area contributed by atoms with E-state index in [-0.39, 0.29) is 11.1 Å². The Morgan fingerprint density at radius 1 is 0.714 bits per heavy atom. The second-order valence-electron chi connectivity index (χ2n) is 7.60. The van der Waals surface area contributed by atoms with Crippen LogP contribution in [0.5, 0.6) is 5.75 Å². The molecule has 1 aliphatic heterocycles. The highest BCUT2D eigenvalue weighted by Gasteiger charge is 2.61. The van der Waals surface area contributed by atoms with E-state index in [0.29, 0.717) is 30.4 Å². The van der Waals surface area contributed by atoms with Crippen molar-refractivity contribution in [1.82, 2.24) is 0 Å². The molecule has 186 valence electrons. The molecule has 3 nitrogen and oxygen atoms in total. The van der Waals surface area contributed by atoms with Gasteiger partial charge in [0, 0.05) is 16.7 Å². The lowest BCUT2D eigenvalue weighted by molar-refractivity contribution is -0.361. The normalized spacial score (nSPS) is 15.3. The molecule has 0 aliphatic carbocycles. The Morgan fingerprint density at radius 2 is 1.29 bits per heavy atom. The highest BCUT2D eigenvalue weighted by Crippen LogP contribution is 2.40. The van der Waals surface area contributed by atoms with Crippen LogP contribution in [0, 0.1) is 17.5 Å². The highest BCUT2D eigenvalue weighted by molar-refractivity contribution is 5.71. The van der Waals surface area contributed by atoms with Gasteiger partial charge in [-0.2, -0.15) is 26.3 Å². The van der Waals surface area contributed by atoms with Crippen LogP contribution >= 0.6 is 0 Å². The van der Waals surface area contributed by atoms with E-state index in [4.69, 9.17) is 9.47 Å². The maximum Gasteiger partial charge on any atom is 0.499 e. The molecule has 3 aromatic rings. The summed E-state index contributed by atoms with van der Waals surface area (Å²) < 4.78 is 121. The number of rotatable bonds is 5. The minimum Gasteiger partial charge on any atom is -0.423 e. The molecule has 1 saturated heterocycles. The van der Waals surface area contributed by atoms with Crippen molar-refractivity contribution in [3.05, 3.63) is 77.6 Å². The van der Waals surface area contributed by atoms with Crippen LogP contribution in [0.3, 0.4) is 0 Å². The number of halogens is 8. The Kier molecular flexibility index (Phi) is 6.74. The van der Waals surface area contributed by atoms with Gasteiger partial charge < -0.3 is 14.2 Å². The van der Waals surface area contributed by atoms with E-state index in [1.54, 1.807) is 6.07 Å². The molecule has 0 N–H and O–H groups in total. The summed E-state index contributed by atoms with van der Waals surface area (Å²) in [6.07, 6.45) is -11.8. The minimum absolute atomic E-state index is 0.0697. The summed E-state index contributed by atoms with van der Waals surface area (Å²) in [6, 6.07) is 11.1. The molecule has 3 aromatic carbocycles. The zero-order chi connectivity index (χ0) is 25.4. The Bertz CT molecular complexity index is 1200. The van der Waals surface area contributed by atoms with E-state index in [2.05, 4.69) is 4.74 Å². The van der Waals surface area contributed by atoms with Crippen molar-refractivity contribution in [2.45, 2.75) is 25.0 Å². The predicted octanol–water partition coefficient (Wildman–Crippen LogP) is 7.41. The van der Waals surface area contributed by atoms with E-state index in [1.807, 2.05) is 0 Å². The minimum atomic E-state index is -6.12. The summed E-state index contributed by atoms with van der Waals surface area (Å²) in [5.74, 6) is -5.86. The maximum atomic E-state index is 14.7. The molecular formula is C24H16F8O3. The Balaban J connectivity index is 1.57.